The van der Waals surface area contributed by atoms with E-state index >= 15 is 0 Å². The zero-order chi connectivity index (χ0) is 10.7. The van der Waals surface area contributed by atoms with Crippen molar-refractivity contribution < 1.29 is 14.7 Å². The van der Waals surface area contributed by atoms with Crippen LogP contribution in [0.5, 0.6) is 0 Å². The minimum atomic E-state index is -0.916. The maximum absolute atomic E-state index is 11.5. The van der Waals surface area contributed by atoms with Crippen LogP contribution in [0.25, 0.3) is 0 Å². The molecule has 1 aliphatic heterocycles. The Balaban J connectivity index is 2.56. The molecule has 14 heavy (non-hydrogen) atoms. The zero-order valence-electron chi connectivity index (χ0n) is 8.36. The average Bonchev–Trinajstić information content (AvgIpc) is 2.16. The Kier molecular flexibility index (Phi) is 3.29. The number of hydrogen-bond donors (Lipinski definition) is 2. The number of amides is 2. The van der Waals surface area contributed by atoms with Crippen molar-refractivity contribution in [3.05, 3.63) is 0 Å². The van der Waals surface area contributed by atoms with Crippen molar-refractivity contribution in [2.75, 3.05) is 33.7 Å². The van der Waals surface area contributed by atoms with Gasteiger partial charge in [0.15, 0.2) is 0 Å². The molecule has 0 spiro atoms. The number of carboxylic acid groups (broad SMARTS) is 1. The van der Waals surface area contributed by atoms with Crippen LogP contribution in [-0.4, -0.2) is 66.7 Å². The van der Waals surface area contributed by atoms with Crippen LogP contribution in [0.1, 0.15) is 0 Å². The van der Waals surface area contributed by atoms with Gasteiger partial charge in [0, 0.05) is 33.7 Å². The largest absolute Gasteiger partial charge is 0.480 e. The number of aliphatic carboxylic acids is 1. The van der Waals surface area contributed by atoms with E-state index in [1.165, 1.54) is 9.80 Å². The first-order chi connectivity index (χ1) is 6.52. The molecule has 0 aliphatic carbocycles. The van der Waals surface area contributed by atoms with E-state index < -0.39 is 12.0 Å². The van der Waals surface area contributed by atoms with Crippen molar-refractivity contribution in [2.45, 2.75) is 6.04 Å². The predicted octanol–water partition coefficient (Wildman–Crippen LogP) is -0.974. The van der Waals surface area contributed by atoms with Crippen molar-refractivity contribution in [1.29, 1.82) is 0 Å². The van der Waals surface area contributed by atoms with Gasteiger partial charge in [-0.05, 0) is 0 Å². The second kappa shape index (κ2) is 4.28. The van der Waals surface area contributed by atoms with Crippen LogP contribution in [0.2, 0.25) is 0 Å². The first kappa shape index (κ1) is 10.8. The Morgan fingerprint density at radius 2 is 2.14 bits per heavy atom. The highest BCUT2D eigenvalue weighted by Gasteiger charge is 2.28. The van der Waals surface area contributed by atoms with Gasteiger partial charge in [0.1, 0.15) is 6.04 Å². The molecule has 80 valence electrons. The Morgan fingerprint density at radius 1 is 1.50 bits per heavy atom. The van der Waals surface area contributed by atoms with Crippen molar-refractivity contribution in [2.24, 2.45) is 0 Å². The molecule has 0 aromatic carbocycles. The van der Waals surface area contributed by atoms with E-state index in [0.29, 0.717) is 13.1 Å². The summed E-state index contributed by atoms with van der Waals surface area (Å²) in [5, 5.41) is 11.6. The molecule has 1 heterocycles. The first-order valence-electron chi connectivity index (χ1n) is 4.45. The van der Waals surface area contributed by atoms with Crippen molar-refractivity contribution in [1.82, 2.24) is 15.1 Å². The summed E-state index contributed by atoms with van der Waals surface area (Å²) in [5.41, 5.74) is 0. The molecular weight excluding hydrogens is 186 g/mol. The molecule has 2 N–H and O–H groups in total. The van der Waals surface area contributed by atoms with Crippen LogP contribution in [0, 0.1) is 0 Å². The normalized spacial score (nSPS) is 21.9. The highest BCUT2D eigenvalue weighted by molar-refractivity contribution is 5.77. The summed E-state index contributed by atoms with van der Waals surface area (Å²) >= 11 is 0. The predicted molar refractivity (Wildman–Crippen MR) is 50.1 cm³/mol. The minimum absolute atomic E-state index is 0.141. The van der Waals surface area contributed by atoms with E-state index in [2.05, 4.69) is 5.32 Å². The molecule has 1 fully saturated rings. The number of carbonyl (C=O) groups excluding carboxylic acids is 1. The van der Waals surface area contributed by atoms with E-state index in [1.54, 1.807) is 14.1 Å². The summed E-state index contributed by atoms with van der Waals surface area (Å²) in [5.74, 6) is -0.916. The Bertz CT molecular complexity index is 242. The molecule has 0 aromatic heterocycles. The number of carboxylic acids is 1. The monoisotopic (exact) mass is 201 g/mol. The van der Waals surface area contributed by atoms with E-state index in [9.17, 15) is 9.59 Å². The molecule has 1 unspecified atom stereocenters. The van der Waals surface area contributed by atoms with Gasteiger partial charge in [0.2, 0.25) is 0 Å². The van der Waals surface area contributed by atoms with E-state index in [0.717, 1.165) is 0 Å². The van der Waals surface area contributed by atoms with Gasteiger partial charge in [-0.15, -0.1) is 0 Å². The molecule has 6 heteroatoms. The lowest BCUT2D eigenvalue weighted by Crippen LogP contribution is -2.57. The molecule has 1 rings (SSSR count). The number of nitrogens with zero attached hydrogens (tertiary/aromatic N) is 2. The number of urea groups is 1. The SMILES string of the molecule is CN(C)C(=O)N1CCNC(C(=O)O)C1. The third-order valence-corrected chi connectivity index (χ3v) is 2.13. The fourth-order valence-electron chi connectivity index (χ4n) is 1.37. The Morgan fingerprint density at radius 3 is 2.64 bits per heavy atom. The second-order valence-electron chi connectivity index (χ2n) is 3.47. The van der Waals surface area contributed by atoms with Gasteiger partial charge in [-0.25, -0.2) is 4.79 Å². The molecule has 0 saturated carbocycles. The lowest BCUT2D eigenvalue weighted by atomic mass is 10.2. The summed E-state index contributed by atoms with van der Waals surface area (Å²) in [6, 6.07) is -0.787. The topological polar surface area (TPSA) is 72.9 Å². The number of hydrogen-bond acceptors (Lipinski definition) is 3. The van der Waals surface area contributed by atoms with Gasteiger partial charge in [-0.3, -0.25) is 4.79 Å². The fourth-order valence-corrected chi connectivity index (χ4v) is 1.37. The van der Waals surface area contributed by atoms with Crippen LogP contribution >= 0.6 is 0 Å². The summed E-state index contributed by atoms with van der Waals surface area (Å²) < 4.78 is 0. The van der Waals surface area contributed by atoms with E-state index in [-0.39, 0.29) is 12.6 Å². The van der Waals surface area contributed by atoms with Crippen molar-refractivity contribution in [3.63, 3.8) is 0 Å². The molecule has 1 atom stereocenters. The number of nitrogens with one attached hydrogen (secondary N) is 1. The molecule has 0 aromatic rings. The number of rotatable bonds is 1. The average molecular weight is 201 g/mol. The molecule has 6 nitrogen and oxygen atoms in total. The van der Waals surface area contributed by atoms with E-state index in [1.807, 2.05) is 0 Å². The smallest absolute Gasteiger partial charge is 0.322 e. The first-order valence-corrected chi connectivity index (χ1v) is 4.45. The standard InChI is InChI=1S/C8H15N3O3/c1-10(2)8(14)11-4-3-9-6(5-11)7(12)13/h6,9H,3-5H2,1-2H3,(H,12,13). The third kappa shape index (κ3) is 2.35. The third-order valence-electron chi connectivity index (χ3n) is 2.13. The van der Waals surface area contributed by atoms with Gasteiger partial charge in [-0.1, -0.05) is 0 Å². The fraction of sp³-hybridized carbons (Fsp3) is 0.750. The van der Waals surface area contributed by atoms with Crippen LogP contribution in [-0.2, 0) is 4.79 Å². The summed E-state index contributed by atoms with van der Waals surface area (Å²) in [7, 11) is 3.31. The van der Waals surface area contributed by atoms with Gasteiger partial charge in [0.25, 0.3) is 0 Å². The van der Waals surface area contributed by atoms with Crippen LogP contribution in [0.15, 0.2) is 0 Å². The van der Waals surface area contributed by atoms with Crippen molar-refractivity contribution >= 4 is 12.0 Å². The molecule has 0 bridgehead atoms. The van der Waals surface area contributed by atoms with Crippen LogP contribution in [0.3, 0.4) is 0 Å². The molecular formula is C8H15N3O3. The molecule has 0 radical (unpaired) electrons. The Labute approximate surface area is 82.5 Å². The lowest BCUT2D eigenvalue weighted by molar-refractivity contribution is -0.140. The summed E-state index contributed by atoms with van der Waals surface area (Å²) in [6.07, 6.45) is 0. The van der Waals surface area contributed by atoms with Gasteiger partial charge in [0.05, 0.1) is 0 Å². The quantitative estimate of drug-likeness (QED) is 0.572. The minimum Gasteiger partial charge on any atom is -0.480 e. The van der Waals surface area contributed by atoms with Gasteiger partial charge >= 0.3 is 12.0 Å². The Hall–Kier alpha value is -1.30. The maximum Gasteiger partial charge on any atom is 0.322 e. The number of carbonyl (C=O) groups is 2. The van der Waals surface area contributed by atoms with Gasteiger partial charge < -0.3 is 20.2 Å². The van der Waals surface area contributed by atoms with Gasteiger partial charge in [-0.2, -0.15) is 0 Å². The summed E-state index contributed by atoms with van der Waals surface area (Å²) in [4.78, 5) is 25.2. The van der Waals surface area contributed by atoms with Crippen LogP contribution in [0.4, 0.5) is 4.79 Å². The molecule has 1 aliphatic rings. The lowest BCUT2D eigenvalue weighted by Gasteiger charge is -2.33. The molecule has 1 saturated heterocycles. The maximum atomic E-state index is 11.5. The van der Waals surface area contributed by atoms with E-state index in [4.69, 9.17) is 5.11 Å². The molecule has 2 amide bonds. The highest BCUT2D eigenvalue weighted by Crippen LogP contribution is 2.02. The second-order valence-corrected chi connectivity index (χ2v) is 3.47. The van der Waals surface area contributed by atoms with Crippen LogP contribution < -0.4 is 5.32 Å². The van der Waals surface area contributed by atoms with Crippen molar-refractivity contribution in [3.8, 4) is 0 Å². The zero-order valence-corrected chi connectivity index (χ0v) is 8.36. The summed E-state index contributed by atoms with van der Waals surface area (Å²) in [6.45, 7) is 1.31. The highest BCUT2D eigenvalue weighted by atomic mass is 16.4. The number of piperazine rings is 1.